The molecule has 0 unspecified atom stereocenters. The molecule has 2 rings (SSSR count). The molecule has 0 spiro atoms. The Morgan fingerprint density at radius 2 is 2.17 bits per heavy atom. The fourth-order valence-corrected chi connectivity index (χ4v) is 2.64. The van der Waals surface area contributed by atoms with Crippen LogP contribution in [-0.4, -0.2) is 38.5 Å². The molecule has 3 atom stereocenters. The van der Waals surface area contributed by atoms with Crippen LogP contribution < -0.4 is 9.47 Å². The van der Waals surface area contributed by atoms with Crippen LogP contribution >= 0.6 is 11.6 Å². The van der Waals surface area contributed by atoms with Gasteiger partial charge in [0.15, 0.2) is 0 Å². The van der Waals surface area contributed by atoms with E-state index in [4.69, 9.17) is 30.5 Å². The number of alkyl halides is 1. The molecule has 1 aliphatic rings. The second-order valence-corrected chi connectivity index (χ2v) is 5.59. The first-order valence-corrected chi connectivity index (χ1v) is 7.87. The molecule has 1 saturated heterocycles. The van der Waals surface area contributed by atoms with Gasteiger partial charge in [0.2, 0.25) is 0 Å². The maximum absolute atomic E-state index is 12.5. The summed E-state index contributed by atoms with van der Waals surface area (Å²) in [6.07, 6.45) is 2.21. The molecule has 6 heteroatoms. The highest BCUT2D eigenvalue weighted by atomic mass is 35.5. The van der Waals surface area contributed by atoms with Gasteiger partial charge in [-0.25, -0.2) is 4.79 Å². The Morgan fingerprint density at radius 3 is 2.70 bits per heavy atom. The Labute approximate surface area is 141 Å². The molecule has 0 aromatic heterocycles. The zero-order valence-corrected chi connectivity index (χ0v) is 14.3. The van der Waals surface area contributed by atoms with Crippen molar-refractivity contribution < 1.29 is 23.7 Å². The van der Waals surface area contributed by atoms with Crippen molar-refractivity contribution in [2.45, 2.75) is 37.5 Å². The van der Waals surface area contributed by atoms with Crippen molar-refractivity contribution in [1.29, 1.82) is 0 Å². The van der Waals surface area contributed by atoms with E-state index in [0.29, 0.717) is 29.0 Å². The molecular formula is C17H21ClO5. The van der Waals surface area contributed by atoms with Gasteiger partial charge in [0, 0.05) is 18.4 Å². The van der Waals surface area contributed by atoms with Crippen LogP contribution in [0.5, 0.6) is 11.5 Å². The average molecular weight is 341 g/mol. The molecule has 23 heavy (non-hydrogen) atoms. The smallest absolute Gasteiger partial charge is 0.342 e. The van der Waals surface area contributed by atoms with Crippen molar-refractivity contribution in [2.75, 3.05) is 14.2 Å². The van der Waals surface area contributed by atoms with Gasteiger partial charge in [-0.15, -0.1) is 18.2 Å². The summed E-state index contributed by atoms with van der Waals surface area (Å²) in [5.41, 5.74) is 0.929. The van der Waals surface area contributed by atoms with Crippen molar-refractivity contribution in [1.82, 2.24) is 0 Å². The molecule has 126 valence electrons. The Bertz CT molecular complexity index is 561. The summed E-state index contributed by atoms with van der Waals surface area (Å²) in [5.74, 6) is 0.631. The standard InChI is InChI=1S/C17H21ClO5/c1-5-13-14(23-13)6-10(2)22-17(19)16-11(9-18)7-12(20-3)8-15(16)21-4/h5,7-8,10,13-14H,1,6,9H2,2-4H3/t10-,13-,14-/m1/s1. The van der Waals surface area contributed by atoms with Gasteiger partial charge in [-0.3, -0.25) is 0 Å². The molecule has 0 aliphatic carbocycles. The minimum atomic E-state index is -0.469. The minimum absolute atomic E-state index is 0.0603. The Kier molecular flexibility index (Phi) is 5.91. The first kappa shape index (κ1) is 17.6. The third kappa shape index (κ3) is 4.18. The Hall–Kier alpha value is -1.72. The van der Waals surface area contributed by atoms with Crippen LogP contribution in [0.25, 0.3) is 0 Å². The Balaban J connectivity index is 2.12. The van der Waals surface area contributed by atoms with Crippen molar-refractivity contribution in [3.05, 3.63) is 35.9 Å². The number of hydrogen-bond acceptors (Lipinski definition) is 5. The summed E-state index contributed by atoms with van der Waals surface area (Å²) in [7, 11) is 3.03. The van der Waals surface area contributed by atoms with Gasteiger partial charge in [0.05, 0.1) is 20.3 Å². The van der Waals surface area contributed by atoms with Crippen LogP contribution in [0.3, 0.4) is 0 Å². The molecule has 1 aromatic carbocycles. The lowest BCUT2D eigenvalue weighted by Crippen LogP contribution is -2.19. The van der Waals surface area contributed by atoms with E-state index in [1.807, 2.05) is 6.92 Å². The molecule has 0 radical (unpaired) electrons. The third-order valence-corrected chi connectivity index (χ3v) is 3.98. The molecule has 1 aromatic rings. The lowest BCUT2D eigenvalue weighted by Gasteiger charge is -2.17. The maximum Gasteiger partial charge on any atom is 0.342 e. The van der Waals surface area contributed by atoms with E-state index in [0.717, 1.165) is 0 Å². The van der Waals surface area contributed by atoms with E-state index >= 15 is 0 Å². The lowest BCUT2D eigenvalue weighted by molar-refractivity contribution is 0.0305. The summed E-state index contributed by atoms with van der Waals surface area (Å²) in [6, 6.07) is 3.34. The highest BCUT2D eigenvalue weighted by Crippen LogP contribution is 2.32. The summed E-state index contributed by atoms with van der Waals surface area (Å²) >= 11 is 5.95. The van der Waals surface area contributed by atoms with Gasteiger partial charge in [0.25, 0.3) is 0 Å². The van der Waals surface area contributed by atoms with Crippen molar-refractivity contribution in [3.63, 3.8) is 0 Å². The summed E-state index contributed by atoms with van der Waals surface area (Å²) in [6.45, 7) is 5.50. The molecule has 0 N–H and O–H groups in total. The maximum atomic E-state index is 12.5. The first-order valence-electron chi connectivity index (χ1n) is 7.33. The van der Waals surface area contributed by atoms with E-state index in [9.17, 15) is 4.79 Å². The molecule has 1 heterocycles. The second kappa shape index (κ2) is 7.70. The SMILES string of the molecule is C=C[C@H]1O[C@@H]1C[C@@H](C)OC(=O)c1c(CCl)cc(OC)cc1OC. The number of halogens is 1. The first-order chi connectivity index (χ1) is 11.0. The quantitative estimate of drug-likeness (QED) is 0.314. The van der Waals surface area contributed by atoms with Gasteiger partial charge in [-0.2, -0.15) is 0 Å². The monoisotopic (exact) mass is 340 g/mol. The van der Waals surface area contributed by atoms with Crippen LogP contribution in [0.1, 0.15) is 29.3 Å². The number of rotatable bonds is 8. The van der Waals surface area contributed by atoms with E-state index in [1.165, 1.54) is 7.11 Å². The number of carbonyl (C=O) groups excluding carboxylic acids is 1. The topological polar surface area (TPSA) is 57.3 Å². The predicted molar refractivity (Wildman–Crippen MR) is 87.5 cm³/mol. The van der Waals surface area contributed by atoms with Gasteiger partial charge in [0.1, 0.15) is 29.3 Å². The third-order valence-electron chi connectivity index (χ3n) is 3.69. The number of ether oxygens (including phenoxy) is 4. The minimum Gasteiger partial charge on any atom is -0.497 e. The van der Waals surface area contributed by atoms with Crippen molar-refractivity contribution in [2.24, 2.45) is 0 Å². The summed E-state index contributed by atoms with van der Waals surface area (Å²) < 4.78 is 21.3. The molecule has 1 aliphatic heterocycles. The fourth-order valence-electron chi connectivity index (χ4n) is 2.43. The zero-order valence-electron chi connectivity index (χ0n) is 13.5. The highest BCUT2D eigenvalue weighted by molar-refractivity contribution is 6.17. The molecular weight excluding hydrogens is 320 g/mol. The van der Waals surface area contributed by atoms with E-state index in [-0.39, 0.29) is 24.2 Å². The molecule has 1 fully saturated rings. The number of methoxy groups -OCH3 is 2. The number of esters is 1. The van der Waals surface area contributed by atoms with E-state index in [1.54, 1.807) is 25.3 Å². The van der Waals surface area contributed by atoms with Crippen LogP contribution in [0.4, 0.5) is 0 Å². The molecule has 0 amide bonds. The van der Waals surface area contributed by atoms with E-state index in [2.05, 4.69) is 6.58 Å². The van der Waals surface area contributed by atoms with Crippen LogP contribution in [-0.2, 0) is 15.4 Å². The van der Waals surface area contributed by atoms with Gasteiger partial charge >= 0.3 is 5.97 Å². The summed E-state index contributed by atoms with van der Waals surface area (Å²) in [5, 5.41) is 0. The predicted octanol–water partition coefficient (Wildman–Crippen LogP) is 3.33. The number of carbonyl (C=O) groups is 1. The van der Waals surface area contributed by atoms with Crippen LogP contribution in [0.15, 0.2) is 24.8 Å². The van der Waals surface area contributed by atoms with Crippen molar-refractivity contribution >= 4 is 17.6 Å². The largest absolute Gasteiger partial charge is 0.497 e. The van der Waals surface area contributed by atoms with Crippen LogP contribution in [0, 0.1) is 0 Å². The van der Waals surface area contributed by atoms with Gasteiger partial charge in [-0.1, -0.05) is 6.08 Å². The molecule has 0 bridgehead atoms. The molecule has 0 saturated carbocycles. The normalized spacial score (nSPS) is 20.5. The fraction of sp³-hybridized carbons (Fsp3) is 0.471. The highest BCUT2D eigenvalue weighted by Gasteiger charge is 2.37. The van der Waals surface area contributed by atoms with Gasteiger partial charge < -0.3 is 18.9 Å². The number of hydrogen-bond donors (Lipinski definition) is 0. The summed E-state index contributed by atoms with van der Waals surface area (Å²) in [4.78, 5) is 12.5. The van der Waals surface area contributed by atoms with Crippen molar-refractivity contribution in [3.8, 4) is 11.5 Å². The average Bonchev–Trinajstić information content (AvgIpc) is 3.30. The second-order valence-electron chi connectivity index (χ2n) is 5.32. The van der Waals surface area contributed by atoms with Crippen LogP contribution in [0.2, 0.25) is 0 Å². The van der Waals surface area contributed by atoms with E-state index < -0.39 is 5.97 Å². The lowest BCUT2D eigenvalue weighted by atomic mass is 10.1. The molecule has 5 nitrogen and oxygen atoms in total. The zero-order chi connectivity index (χ0) is 17.0. The Morgan fingerprint density at radius 1 is 1.43 bits per heavy atom. The number of benzene rings is 1. The van der Waals surface area contributed by atoms with Gasteiger partial charge in [-0.05, 0) is 18.6 Å². The number of epoxide rings is 1.